The van der Waals surface area contributed by atoms with Crippen LogP contribution in [-0.4, -0.2) is 42.1 Å². The smallest absolute Gasteiger partial charge is 0.194 e. The standard InChI is InChI=1S/C18H23FN4OS.HI/c1-12-10-23(11-16(24-12)14-4-6-15(19)7-5-14)18(20-3)22-9-17-21-8-13(2)25-17;/h4-8,12,16H,9-11H2,1-3H3,(H,20,22);1H. The molecule has 0 amide bonds. The largest absolute Gasteiger partial charge is 0.367 e. The molecule has 0 radical (unpaired) electrons. The number of hydrogen-bond donors (Lipinski definition) is 1. The first-order valence-electron chi connectivity index (χ1n) is 8.33. The molecule has 0 aliphatic carbocycles. The molecular weight excluding hydrogens is 466 g/mol. The second kappa shape index (κ2) is 9.61. The Kier molecular flexibility index (Phi) is 7.78. The lowest BCUT2D eigenvalue weighted by Crippen LogP contribution is -2.50. The molecule has 2 unspecified atom stereocenters. The third kappa shape index (κ3) is 5.37. The van der Waals surface area contributed by atoms with Crippen LogP contribution in [0.15, 0.2) is 35.5 Å². The summed E-state index contributed by atoms with van der Waals surface area (Å²) in [4.78, 5) is 12.2. The number of benzene rings is 1. The average molecular weight is 490 g/mol. The molecule has 2 atom stereocenters. The molecule has 3 rings (SSSR count). The normalized spacial score (nSPS) is 20.6. The highest BCUT2D eigenvalue weighted by atomic mass is 127. The molecule has 1 aliphatic rings. The summed E-state index contributed by atoms with van der Waals surface area (Å²) >= 11 is 1.68. The molecule has 2 heterocycles. The van der Waals surface area contributed by atoms with Gasteiger partial charge in [0.1, 0.15) is 16.9 Å². The fourth-order valence-electron chi connectivity index (χ4n) is 2.96. The van der Waals surface area contributed by atoms with Crippen LogP contribution in [0.4, 0.5) is 4.39 Å². The highest BCUT2D eigenvalue weighted by molar-refractivity contribution is 14.0. The predicted octanol–water partition coefficient (Wildman–Crippen LogP) is 3.75. The molecule has 1 fully saturated rings. The lowest BCUT2D eigenvalue weighted by molar-refractivity contribution is -0.0605. The van der Waals surface area contributed by atoms with Crippen molar-refractivity contribution in [2.45, 2.75) is 32.6 Å². The van der Waals surface area contributed by atoms with Gasteiger partial charge in [-0.05, 0) is 31.5 Å². The maximum Gasteiger partial charge on any atom is 0.194 e. The Morgan fingerprint density at radius 1 is 1.38 bits per heavy atom. The van der Waals surface area contributed by atoms with E-state index in [1.807, 2.05) is 20.0 Å². The van der Waals surface area contributed by atoms with Crippen LogP contribution in [0.25, 0.3) is 0 Å². The molecule has 1 aromatic heterocycles. The summed E-state index contributed by atoms with van der Waals surface area (Å²) < 4.78 is 19.2. The van der Waals surface area contributed by atoms with Crippen molar-refractivity contribution in [2.24, 2.45) is 4.99 Å². The zero-order valence-electron chi connectivity index (χ0n) is 15.1. The summed E-state index contributed by atoms with van der Waals surface area (Å²) in [5, 5.41) is 4.42. The van der Waals surface area contributed by atoms with Crippen LogP contribution < -0.4 is 5.32 Å². The minimum Gasteiger partial charge on any atom is -0.367 e. The van der Waals surface area contributed by atoms with E-state index in [1.54, 1.807) is 30.5 Å². The van der Waals surface area contributed by atoms with Crippen molar-refractivity contribution in [3.8, 4) is 0 Å². The van der Waals surface area contributed by atoms with Crippen molar-refractivity contribution in [3.63, 3.8) is 0 Å². The van der Waals surface area contributed by atoms with Crippen molar-refractivity contribution in [1.29, 1.82) is 0 Å². The predicted molar refractivity (Wildman–Crippen MR) is 114 cm³/mol. The van der Waals surface area contributed by atoms with Crippen molar-refractivity contribution in [2.75, 3.05) is 20.1 Å². The second-order valence-corrected chi connectivity index (χ2v) is 7.48. The number of nitrogens with zero attached hydrogens (tertiary/aromatic N) is 3. The molecule has 26 heavy (non-hydrogen) atoms. The van der Waals surface area contributed by atoms with Gasteiger partial charge in [-0.2, -0.15) is 0 Å². The average Bonchev–Trinajstić information content (AvgIpc) is 3.01. The number of ether oxygens (including phenoxy) is 1. The van der Waals surface area contributed by atoms with Gasteiger partial charge in [0.05, 0.1) is 19.2 Å². The van der Waals surface area contributed by atoms with E-state index >= 15 is 0 Å². The van der Waals surface area contributed by atoms with E-state index < -0.39 is 0 Å². The summed E-state index contributed by atoms with van der Waals surface area (Å²) in [6.07, 6.45) is 1.83. The Morgan fingerprint density at radius 2 is 2.12 bits per heavy atom. The lowest BCUT2D eigenvalue weighted by atomic mass is 10.1. The molecule has 0 bridgehead atoms. The Bertz CT molecular complexity index is 737. The van der Waals surface area contributed by atoms with Gasteiger partial charge < -0.3 is 15.0 Å². The molecule has 0 saturated carbocycles. The quantitative estimate of drug-likeness (QED) is 0.405. The molecule has 5 nitrogen and oxygen atoms in total. The summed E-state index contributed by atoms with van der Waals surface area (Å²) in [5.74, 6) is 0.593. The number of aromatic nitrogens is 1. The molecule has 1 aliphatic heterocycles. The number of aryl methyl sites for hydroxylation is 1. The highest BCUT2D eigenvalue weighted by Gasteiger charge is 2.28. The van der Waals surface area contributed by atoms with Gasteiger partial charge in [0.2, 0.25) is 0 Å². The topological polar surface area (TPSA) is 49.8 Å². The van der Waals surface area contributed by atoms with Crippen molar-refractivity contribution in [3.05, 3.63) is 51.7 Å². The monoisotopic (exact) mass is 490 g/mol. The molecule has 8 heteroatoms. The van der Waals surface area contributed by atoms with Crippen LogP contribution in [0, 0.1) is 12.7 Å². The maximum atomic E-state index is 13.2. The van der Waals surface area contributed by atoms with Crippen LogP contribution >= 0.6 is 35.3 Å². The van der Waals surface area contributed by atoms with Crippen LogP contribution in [-0.2, 0) is 11.3 Å². The maximum absolute atomic E-state index is 13.2. The number of halogens is 2. The SMILES string of the molecule is CN=C(NCc1ncc(C)s1)N1CC(C)OC(c2ccc(F)cc2)C1.I. The van der Waals surface area contributed by atoms with Gasteiger partial charge in [0.15, 0.2) is 5.96 Å². The van der Waals surface area contributed by atoms with Gasteiger partial charge in [0, 0.05) is 24.7 Å². The van der Waals surface area contributed by atoms with Gasteiger partial charge in [-0.1, -0.05) is 12.1 Å². The molecule has 2 aromatic rings. The van der Waals surface area contributed by atoms with E-state index in [-0.39, 0.29) is 42.0 Å². The number of nitrogens with one attached hydrogen (secondary N) is 1. The molecule has 1 N–H and O–H groups in total. The molecular formula is C18H24FIN4OS. The number of morpholine rings is 1. The zero-order chi connectivity index (χ0) is 17.8. The molecule has 0 spiro atoms. The Labute approximate surface area is 174 Å². The van der Waals surface area contributed by atoms with Gasteiger partial charge >= 0.3 is 0 Å². The van der Waals surface area contributed by atoms with Crippen LogP contribution in [0.1, 0.15) is 28.5 Å². The number of aliphatic imine (C=N–C) groups is 1. The summed E-state index contributed by atoms with van der Waals surface area (Å²) in [5.41, 5.74) is 0.976. The van der Waals surface area contributed by atoms with E-state index in [2.05, 4.69) is 20.2 Å². The van der Waals surface area contributed by atoms with Gasteiger partial charge in [-0.25, -0.2) is 9.37 Å². The van der Waals surface area contributed by atoms with Crippen molar-refractivity contribution >= 4 is 41.3 Å². The number of hydrogen-bond acceptors (Lipinski definition) is 4. The number of guanidine groups is 1. The Hall–Kier alpha value is -1.26. The number of rotatable bonds is 3. The summed E-state index contributed by atoms with van der Waals surface area (Å²) in [6.45, 7) is 6.17. The van der Waals surface area contributed by atoms with Crippen molar-refractivity contribution < 1.29 is 9.13 Å². The zero-order valence-corrected chi connectivity index (χ0v) is 18.3. The van der Waals surface area contributed by atoms with E-state index in [0.717, 1.165) is 23.1 Å². The van der Waals surface area contributed by atoms with Gasteiger partial charge in [-0.3, -0.25) is 4.99 Å². The number of thiazole rings is 1. The molecule has 1 saturated heterocycles. The van der Waals surface area contributed by atoms with Crippen LogP contribution in [0.2, 0.25) is 0 Å². The van der Waals surface area contributed by atoms with E-state index in [9.17, 15) is 4.39 Å². The van der Waals surface area contributed by atoms with Crippen molar-refractivity contribution in [1.82, 2.24) is 15.2 Å². The molecule has 142 valence electrons. The Balaban J connectivity index is 0.00000243. The first-order chi connectivity index (χ1) is 12.0. The summed E-state index contributed by atoms with van der Waals surface area (Å²) in [6, 6.07) is 6.51. The first-order valence-corrected chi connectivity index (χ1v) is 9.14. The molecule has 1 aromatic carbocycles. The van der Waals surface area contributed by atoms with Gasteiger partial charge in [0.25, 0.3) is 0 Å². The van der Waals surface area contributed by atoms with E-state index in [0.29, 0.717) is 13.1 Å². The third-order valence-corrected chi connectivity index (χ3v) is 4.99. The van der Waals surface area contributed by atoms with E-state index in [1.165, 1.54) is 17.0 Å². The third-order valence-electron chi connectivity index (χ3n) is 4.08. The first kappa shape index (κ1) is 21.0. The minimum atomic E-state index is -0.235. The second-order valence-electron chi connectivity index (χ2n) is 6.16. The lowest BCUT2D eigenvalue weighted by Gasteiger charge is -2.38. The van der Waals surface area contributed by atoms with Crippen LogP contribution in [0.3, 0.4) is 0 Å². The minimum absolute atomic E-state index is 0. The summed E-state index contributed by atoms with van der Waals surface area (Å²) in [7, 11) is 1.78. The fraction of sp³-hybridized carbons (Fsp3) is 0.444. The fourth-order valence-corrected chi connectivity index (χ4v) is 3.68. The van der Waals surface area contributed by atoms with E-state index in [4.69, 9.17) is 4.74 Å². The Morgan fingerprint density at radius 3 is 2.73 bits per heavy atom. The highest BCUT2D eigenvalue weighted by Crippen LogP contribution is 2.25. The van der Waals surface area contributed by atoms with Gasteiger partial charge in [-0.15, -0.1) is 35.3 Å². The van der Waals surface area contributed by atoms with Crippen LogP contribution in [0.5, 0.6) is 0 Å².